The van der Waals surface area contributed by atoms with Gasteiger partial charge in [0, 0.05) is 10.5 Å². The fraction of sp³-hybridized carbons (Fsp3) is 0.400. The topological polar surface area (TPSA) is 46.2 Å². The lowest BCUT2D eigenvalue weighted by Gasteiger charge is -2.09. The zero-order chi connectivity index (χ0) is 11.1. The Morgan fingerprint density at radius 1 is 1.40 bits per heavy atom. The van der Waals surface area contributed by atoms with Crippen LogP contribution < -0.4 is 4.72 Å². The zero-order valence-electron chi connectivity index (χ0n) is 8.33. The maximum Gasteiger partial charge on any atom is 0.241 e. The lowest BCUT2D eigenvalue weighted by Crippen LogP contribution is -2.26. The molecular formula is C10H12BrNO2S. The Kier molecular flexibility index (Phi) is 2.87. The highest BCUT2D eigenvalue weighted by Crippen LogP contribution is 2.26. The van der Waals surface area contributed by atoms with Crippen LogP contribution in [0.15, 0.2) is 27.6 Å². The summed E-state index contributed by atoms with van der Waals surface area (Å²) in [4.78, 5) is 0.365. The molecular weight excluding hydrogens is 278 g/mol. The van der Waals surface area contributed by atoms with Gasteiger partial charge < -0.3 is 0 Å². The van der Waals surface area contributed by atoms with Crippen LogP contribution in [-0.4, -0.2) is 14.5 Å². The van der Waals surface area contributed by atoms with Gasteiger partial charge in [0.25, 0.3) is 0 Å². The van der Waals surface area contributed by atoms with E-state index in [1.807, 2.05) is 6.07 Å². The van der Waals surface area contributed by atoms with Gasteiger partial charge in [-0.1, -0.05) is 22.0 Å². The van der Waals surface area contributed by atoms with Crippen LogP contribution in [0.5, 0.6) is 0 Å². The number of hydrogen-bond donors (Lipinski definition) is 1. The van der Waals surface area contributed by atoms with Gasteiger partial charge in [-0.05, 0) is 37.5 Å². The summed E-state index contributed by atoms with van der Waals surface area (Å²) in [7, 11) is -3.33. The first-order chi connectivity index (χ1) is 7.00. The van der Waals surface area contributed by atoms with Gasteiger partial charge in [-0.3, -0.25) is 0 Å². The van der Waals surface area contributed by atoms with Crippen molar-refractivity contribution in [2.24, 2.45) is 0 Å². The predicted molar refractivity (Wildman–Crippen MR) is 62.2 cm³/mol. The van der Waals surface area contributed by atoms with Gasteiger partial charge in [-0.2, -0.15) is 0 Å². The van der Waals surface area contributed by atoms with Gasteiger partial charge in [-0.15, -0.1) is 0 Å². The molecule has 5 heteroatoms. The van der Waals surface area contributed by atoms with E-state index in [0.29, 0.717) is 4.90 Å². The van der Waals surface area contributed by atoms with Crippen LogP contribution >= 0.6 is 15.9 Å². The van der Waals surface area contributed by atoms with Crippen molar-refractivity contribution < 1.29 is 8.42 Å². The van der Waals surface area contributed by atoms with E-state index in [4.69, 9.17) is 0 Å². The molecule has 82 valence electrons. The quantitative estimate of drug-likeness (QED) is 0.927. The molecule has 1 aromatic rings. The van der Waals surface area contributed by atoms with Crippen LogP contribution in [0.1, 0.15) is 18.4 Å². The molecule has 0 aromatic heterocycles. The summed E-state index contributed by atoms with van der Waals surface area (Å²) >= 11 is 3.33. The molecule has 1 aliphatic carbocycles. The van der Waals surface area contributed by atoms with Crippen molar-refractivity contribution in [1.82, 2.24) is 4.72 Å². The van der Waals surface area contributed by atoms with Crippen molar-refractivity contribution in [2.45, 2.75) is 30.7 Å². The van der Waals surface area contributed by atoms with Crippen molar-refractivity contribution in [1.29, 1.82) is 0 Å². The Morgan fingerprint density at radius 2 is 2.07 bits per heavy atom. The van der Waals surface area contributed by atoms with E-state index < -0.39 is 10.0 Å². The molecule has 0 radical (unpaired) electrons. The van der Waals surface area contributed by atoms with Gasteiger partial charge >= 0.3 is 0 Å². The summed E-state index contributed by atoms with van der Waals surface area (Å²) in [6, 6.07) is 5.35. The third-order valence-electron chi connectivity index (χ3n) is 2.41. The smallest absolute Gasteiger partial charge is 0.208 e. The maximum atomic E-state index is 11.9. The summed E-state index contributed by atoms with van der Waals surface area (Å²) in [5.74, 6) is 0. The molecule has 1 fully saturated rings. The lowest BCUT2D eigenvalue weighted by atomic mass is 10.2. The molecule has 0 spiro atoms. The number of nitrogens with one attached hydrogen (secondary N) is 1. The second-order valence-electron chi connectivity index (χ2n) is 3.76. The molecule has 0 aliphatic heterocycles. The minimum Gasteiger partial charge on any atom is -0.208 e. The van der Waals surface area contributed by atoms with Crippen molar-refractivity contribution in [3.05, 3.63) is 28.2 Å². The molecule has 1 N–H and O–H groups in total. The van der Waals surface area contributed by atoms with Gasteiger partial charge in [0.05, 0.1) is 4.90 Å². The minimum atomic E-state index is -3.33. The average molecular weight is 290 g/mol. The molecule has 0 amide bonds. The first-order valence-corrected chi connectivity index (χ1v) is 7.06. The van der Waals surface area contributed by atoms with E-state index in [0.717, 1.165) is 22.9 Å². The van der Waals surface area contributed by atoms with Crippen LogP contribution in [0.25, 0.3) is 0 Å². The second-order valence-corrected chi connectivity index (χ2v) is 6.30. The number of sulfonamides is 1. The van der Waals surface area contributed by atoms with E-state index in [1.165, 1.54) is 0 Å². The molecule has 0 atom stereocenters. The number of rotatable bonds is 3. The monoisotopic (exact) mass is 289 g/mol. The standard InChI is InChI=1S/C10H12BrNO2S/c1-7-9(11)3-2-4-10(7)15(13,14)12-8-5-6-8/h2-4,8,12H,5-6H2,1H3. The zero-order valence-corrected chi connectivity index (χ0v) is 10.7. The maximum absolute atomic E-state index is 11.9. The number of halogens is 1. The summed E-state index contributed by atoms with van der Waals surface area (Å²) < 4.78 is 27.3. The fourth-order valence-corrected chi connectivity index (χ4v) is 3.43. The Labute approximate surface area is 98.1 Å². The first kappa shape index (κ1) is 11.1. The van der Waals surface area contributed by atoms with Crippen molar-refractivity contribution >= 4 is 26.0 Å². The van der Waals surface area contributed by atoms with Crippen molar-refractivity contribution in [3.8, 4) is 0 Å². The number of hydrogen-bond acceptors (Lipinski definition) is 2. The van der Waals surface area contributed by atoms with Gasteiger partial charge in [0.15, 0.2) is 0 Å². The molecule has 0 bridgehead atoms. The highest BCUT2D eigenvalue weighted by Gasteiger charge is 2.28. The first-order valence-electron chi connectivity index (χ1n) is 4.78. The summed E-state index contributed by atoms with van der Waals surface area (Å²) in [6.07, 6.45) is 1.90. The molecule has 0 unspecified atom stereocenters. The molecule has 3 nitrogen and oxygen atoms in total. The molecule has 0 saturated heterocycles. The molecule has 1 saturated carbocycles. The van der Waals surface area contributed by atoms with E-state index >= 15 is 0 Å². The summed E-state index contributed by atoms with van der Waals surface area (Å²) in [5.41, 5.74) is 0.755. The van der Waals surface area contributed by atoms with Crippen LogP contribution in [-0.2, 0) is 10.0 Å². The Bertz CT molecular complexity index is 480. The Balaban J connectivity index is 2.39. The van der Waals surface area contributed by atoms with Gasteiger partial charge in [-0.25, -0.2) is 13.1 Å². The summed E-state index contributed by atoms with van der Waals surface area (Å²) in [6.45, 7) is 1.80. The van der Waals surface area contributed by atoms with Crippen LogP contribution in [0, 0.1) is 6.92 Å². The molecule has 1 aromatic carbocycles. The Hall–Kier alpha value is -0.390. The molecule has 2 rings (SSSR count). The second kappa shape index (κ2) is 3.88. The van der Waals surface area contributed by atoms with Gasteiger partial charge in [0.2, 0.25) is 10.0 Å². The van der Waals surface area contributed by atoms with Crippen LogP contribution in [0.4, 0.5) is 0 Å². The number of benzene rings is 1. The largest absolute Gasteiger partial charge is 0.241 e. The van der Waals surface area contributed by atoms with Crippen molar-refractivity contribution in [2.75, 3.05) is 0 Å². The van der Waals surface area contributed by atoms with Crippen LogP contribution in [0.2, 0.25) is 0 Å². The average Bonchev–Trinajstić information content (AvgIpc) is 2.92. The lowest BCUT2D eigenvalue weighted by molar-refractivity contribution is 0.580. The van der Waals surface area contributed by atoms with Gasteiger partial charge in [0.1, 0.15) is 0 Å². The van der Waals surface area contributed by atoms with E-state index in [-0.39, 0.29) is 6.04 Å². The fourth-order valence-electron chi connectivity index (χ4n) is 1.36. The predicted octanol–water partition coefficient (Wildman–Crippen LogP) is 2.20. The highest BCUT2D eigenvalue weighted by molar-refractivity contribution is 9.10. The van der Waals surface area contributed by atoms with E-state index in [9.17, 15) is 8.42 Å². The van der Waals surface area contributed by atoms with E-state index in [2.05, 4.69) is 20.7 Å². The normalized spacial score (nSPS) is 16.7. The molecule has 0 heterocycles. The van der Waals surface area contributed by atoms with Crippen molar-refractivity contribution in [3.63, 3.8) is 0 Å². The Morgan fingerprint density at radius 3 is 2.67 bits per heavy atom. The van der Waals surface area contributed by atoms with E-state index in [1.54, 1.807) is 19.1 Å². The highest BCUT2D eigenvalue weighted by atomic mass is 79.9. The SMILES string of the molecule is Cc1c(Br)cccc1S(=O)(=O)NC1CC1. The molecule has 15 heavy (non-hydrogen) atoms. The minimum absolute atomic E-state index is 0.147. The third kappa shape index (κ3) is 2.41. The van der Waals surface area contributed by atoms with Crippen LogP contribution in [0.3, 0.4) is 0 Å². The third-order valence-corrected chi connectivity index (χ3v) is 4.93. The molecule has 1 aliphatic rings. The summed E-state index contributed by atoms with van der Waals surface area (Å²) in [5, 5.41) is 0.